The highest BCUT2D eigenvalue weighted by Crippen LogP contribution is 2.20. The molecule has 0 aromatic heterocycles. The Balaban J connectivity index is -0.000000645. The van der Waals surface area contributed by atoms with Crippen LogP contribution in [0.25, 0.3) is 0 Å². The van der Waals surface area contributed by atoms with Crippen LogP contribution in [0.2, 0.25) is 0 Å². The average molecular weight is 760 g/mol. The number of hydrogen-bond donors (Lipinski definition) is 5. The summed E-state index contributed by atoms with van der Waals surface area (Å²) in [6.07, 6.45) is 0.867. The molecule has 55 heavy (non-hydrogen) atoms. The summed E-state index contributed by atoms with van der Waals surface area (Å²) in [5, 5.41) is 22.2. The molecule has 0 bridgehead atoms. The van der Waals surface area contributed by atoms with Crippen LogP contribution in [0.4, 0.5) is 4.79 Å². The maximum Gasteiger partial charge on any atom is 0.325 e. The van der Waals surface area contributed by atoms with Crippen molar-refractivity contribution in [1.29, 1.82) is 0 Å². The molecule has 0 aliphatic carbocycles. The third-order valence-electron chi connectivity index (χ3n) is 8.86. The second-order valence-electron chi connectivity index (χ2n) is 12.8. The topological polar surface area (TPSA) is 176 Å². The van der Waals surface area contributed by atoms with Crippen molar-refractivity contribution < 1.29 is 34.2 Å². The summed E-state index contributed by atoms with van der Waals surface area (Å²) in [6.45, 7) is 17.6. The van der Waals surface area contributed by atoms with E-state index in [9.17, 15) is 24.0 Å². The standard InChI is InChI=1S/C11H12N2O2.C11H14O2.C10H13NO2.C9H10O.4CH4/c1-6-3-4-8(5-7(6)2)9-10(14)13-11(15)12-9;1-7-4-5-10(6-8(7)2)9(3)11(12)13;1-6-3-4-8(5-7(6)2)9(11)10(12)13;1-7-3-4-9(6-10)5-8(7)2;;;;/h3-5,9H,1-2H3,(H2,12,13,14,15);4-6,9H,1-3H3,(H,12,13);3-5,9H,11H2,1-2H3,(H,12,13);3-6H,1-2H3;4*1H4. The van der Waals surface area contributed by atoms with Crippen molar-refractivity contribution in [2.45, 2.75) is 110 Å². The van der Waals surface area contributed by atoms with Gasteiger partial charge in [0, 0.05) is 5.56 Å². The number of carbonyl (C=O) groups is 5. The number of carboxylic acid groups (broad SMARTS) is 2. The molecule has 3 atom stereocenters. The van der Waals surface area contributed by atoms with Gasteiger partial charge < -0.3 is 21.3 Å². The number of urea groups is 1. The monoisotopic (exact) mass is 759 g/mol. The third-order valence-corrected chi connectivity index (χ3v) is 8.86. The fourth-order valence-electron chi connectivity index (χ4n) is 4.71. The van der Waals surface area contributed by atoms with Gasteiger partial charge in [0.25, 0.3) is 5.91 Å². The van der Waals surface area contributed by atoms with Gasteiger partial charge in [-0.05, 0) is 130 Å². The molecule has 10 nitrogen and oxygen atoms in total. The zero-order valence-corrected chi connectivity index (χ0v) is 30.8. The zero-order chi connectivity index (χ0) is 38.6. The molecule has 1 aliphatic heterocycles. The summed E-state index contributed by atoms with van der Waals surface area (Å²) in [5.41, 5.74) is 17.8. The Morgan fingerprint density at radius 3 is 1.42 bits per heavy atom. The molecule has 4 aromatic rings. The van der Waals surface area contributed by atoms with E-state index < -0.39 is 36.0 Å². The van der Waals surface area contributed by atoms with Crippen LogP contribution < -0.4 is 16.4 Å². The minimum Gasteiger partial charge on any atom is -0.481 e. The molecule has 3 amide bonds. The first-order valence-corrected chi connectivity index (χ1v) is 16.4. The number of carbonyl (C=O) groups excluding carboxylic acids is 3. The molecular weight excluding hydrogens is 695 g/mol. The van der Waals surface area contributed by atoms with Crippen molar-refractivity contribution in [2.75, 3.05) is 0 Å². The normalized spacial score (nSPS) is 13.1. The molecule has 1 saturated heterocycles. The van der Waals surface area contributed by atoms with Gasteiger partial charge >= 0.3 is 18.0 Å². The van der Waals surface area contributed by atoms with Crippen molar-refractivity contribution >= 4 is 30.2 Å². The van der Waals surface area contributed by atoms with Gasteiger partial charge in [0.2, 0.25) is 0 Å². The van der Waals surface area contributed by atoms with Crippen molar-refractivity contribution in [2.24, 2.45) is 5.73 Å². The highest BCUT2D eigenvalue weighted by atomic mass is 16.4. The van der Waals surface area contributed by atoms with Gasteiger partial charge in [-0.1, -0.05) is 96.4 Å². The Kier molecular flexibility index (Phi) is 24.1. The van der Waals surface area contributed by atoms with Gasteiger partial charge in [0.1, 0.15) is 18.4 Å². The molecule has 1 aliphatic rings. The van der Waals surface area contributed by atoms with Crippen molar-refractivity contribution in [3.05, 3.63) is 140 Å². The Morgan fingerprint density at radius 1 is 0.618 bits per heavy atom. The van der Waals surface area contributed by atoms with E-state index in [1.165, 1.54) is 22.3 Å². The van der Waals surface area contributed by atoms with Crippen LogP contribution in [0.3, 0.4) is 0 Å². The Morgan fingerprint density at radius 2 is 1.04 bits per heavy atom. The summed E-state index contributed by atoms with van der Waals surface area (Å²) in [4.78, 5) is 53.9. The Hall–Kier alpha value is -5.61. The van der Waals surface area contributed by atoms with Gasteiger partial charge in [0.15, 0.2) is 0 Å². The van der Waals surface area contributed by atoms with E-state index in [1.807, 2.05) is 122 Å². The zero-order valence-electron chi connectivity index (χ0n) is 30.8. The lowest BCUT2D eigenvalue weighted by Crippen LogP contribution is -2.22. The van der Waals surface area contributed by atoms with E-state index in [0.717, 1.165) is 45.2 Å². The van der Waals surface area contributed by atoms with Crippen molar-refractivity contribution in [1.82, 2.24) is 10.6 Å². The lowest BCUT2D eigenvalue weighted by Gasteiger charge is -2.09. The molecule has 10 heteroatoms. The van der Waals surface area contributed by atoms with Gasteiger partial charge in [0.05, 0.1) is 5.92 Å². The van der Waals surface area contributed by atoms with Gasteiger partial charge in [-0.3, -0.25) is 24.5 Å². The molecule has 6 N–H and O–H groups in total. The summed E-state index contributed by atoms with van der Waals surface area (Å²) < 4.78 is 0. The summed E-state index contributed by atoms with van der Waals surface area (Å²) in [5.74, 6) is -2.48. The van der Waals surface area contributed by atoms with Crippen LogP contribution in [0, 0.1) is 55.4 Å². The summed E-state index contributed by atoms with van der Waals surface area (Å²) in [6, 6.07) is 20.7. The predicted molar refractivity (Wildman–Crippen MR) is 226 cm³/mol. The first-order valence-electron chi connectivity index (χ1n) is 16.4. The number of hydrogen-bond acceptors (Lipinski definition) is 6. The van der Waals surface area contributed by atoms with Crippen LogP contribution in [0.1, 0.15) is 126 Å². The van der Waals surface area contributed by atoms with Crippen molar-refractivity contribution in [3.63, 3.8) is 0 Å². The van der Waals surface area contributed by atoms with Gasteiger partial charge in [-0.25, -0.2) is 4.79 Å². The van der Waals surface area contributed by atoms with Gasteiger partial charge in [-0.2, -0.15) is 0 Å². The first kappa shape index (κ1) is 53.7. The number of carboxylic acids is 2. The molecule has 1 fully saturated rings. The predicted octanol–water partition coefficient (Wildman–Crippen LogP) is 9.72. The molecule has 5 rings (SSSR count). The molecule has 0 radical (unpaired) electrons. The number of amides is 3. The molecule has 1 heterocycles. The fraction of sp³-hybridized carbons (Fsp3) is 0.356. The van der Waals surface area contributed by atoms with E-state index in [0.29, 0.717) is 5.56 Å². The number of aliphatic carboxylic acids is 2. The second-order valence-corrected chi connectivity index (χ2v) is 12.8. The van der Waals surface area contributed by atoms with Crippen LogP contribution in [-0.4, -0.2) is 40.4 Å². The van der Waals surface area contributed by atoms with Crippen LogP contribution in [0.5, 0.6) is 0 Å². The number of aryl methyl sites for hydroxylation is 8. The number of rotatable bonds is 6. The first-order chi connectivity index (χ1) is 23.9. The van der Waals surface area contributed by atoms with E-state index in [1.54, 1.807) is 13.0 Å². The van der Waals surface area contributed by atoms with Crippen LogP contribution in [-0.2, 0) is 14.4 Å². The number of nitrogens with one attached hydrogen (secondary N) is 2. The molecule has 302 valence electrons. The average Bonchev–Trinajstić information content (AvgIpc) is 3.43. The molecule has 4 aromatic carbocycles. The maximum absolute atomic E-state index is 11.4. The molecule has 0 saturated carbocycles. The van der Waals surface area contributed by atoms with Crippen molar-refractivity contribution in [3.8, 4) is 0 Å². The lowest BCUT2D eigenvalue weighted by atomic mass is 9.97. The quantitative estimate of drug-likeness (QED) is 0.0953. The second kappa shape index (κ2) is 24.7. The smallest absolute Gasteiger partial charge is 0.325 e. The highest BCUT2D eigenvalue weighted by Gasteiger charge is 2.30. The number of aldehydes is 1. The number of imide groups is 1. The Labute approximate surface area is 329 Å². The van der Waals surface area contributed by atoms with E-state index in [2.05, 4.69) is 10.6 Å². The summed E-state index contributed by atoms with van der Waals surface area (Å²) >= 11 is 0. The van der Waals surface area contributed by atoms with Crippen LogP contribution >= 0.6 is 0 Å². The van der Waals surface area contributed by atoms with E-state index in [4.69, 9.17) is 15.9 Å². The minimum atomic E-state index is -0.997. The molecule has 3 unspecified atom stereocenters. The minimum absolute atomic E-state index is 0. The van der Waals surface area contributed by atoms with E-state index in [-0.39, 0.29) is 35.6 Å². The molecule has 0 spiro atoms. The fourth-order valence-corrected chi connectivity index (χ4v) is 4.71. The summed E-state index contributed by atoms with van der Waals surface area (Å²) in [7, 11) is 0. The molecular formula is C45H65N3O7. The highest BCUT2D eigenvalue weighted by molar-refractivity contribution is 6.04. The third kappa shape index (κ3) is 16.1. The largest absolute Gasteiger partial charge is 0.481 e. The maximum atomic E-state index is 11.4. The number of nitrogens with two attached hydrogens (primary N) is 1. The number of benzene rings is 4. The van der Waals surface area contributed by atoms with Gasteiger partial charge in [-0.15, -0.1) is 0 Å². The van der Waals surface area contributed by atoms with Crippen LogP contribution in [0.15, 0.2) is 72.8 Å². The SMILES string of the molecule is C.C.C.C.Cc1ccc(C(C)C(=O)O)cc1C.Cc1ccc(C(N)C(=O)O)cc1C.Cc1ccc(C2NC(=O)NC2=O)cc1C.Cc1ccc(C=O)cc1C. The lowest BCUT2D eigenvalue weighted by molar-refractivity contribution is -0.139. The van der Waals surface area contributed by atoms with E-state index >= 15 is 0 Å². The Bertz CT molecular complexity index is 1830.